The molecule has 2 N–H and O–H groups in total. The van der Waals surface area contributed by atoms with Gasteiger partial charge in [-0.15, -0.1) is 0 Å². The number of phenols is 2. The van der Waals surface area contributed by atoms with Crippen LogP contribution in [0.3, 0.4) is 0 Å². The lowest BCUT2D eigenvalue weighted by Crippen LogP contribution is -2.08. The van der Waals surface area contributed by atoms with Crippen molar-refractivity contribution < 1.29 is 19.7 Å². The molecule has 0 aliphatic heterocycles. The summed E-state index contributed by atoms with van der Waals surface area (Å²) < 4.78 is 12.2. The summed E-state index contributed by atoms with van der Waals surface area (Å²) >= 11 is 0. The van der Waals surface area contributed by atoms with E-state index in [0.717, 1.165) is 62.5 Å². The maximum atomic E-state index is 10.7. The van der Waals surface area contributed by atoms with Crippen molar-refractivity contribution in [1.82, 2.24) is 0 Å². The fraction of sp³-hybridized carbons (Fsp3) is 0.769. The van der Waals surface area contributed by atoms with Gasteiger partial charge in [0.25, 0.3) is 0 Å². The fourth-order valence-corrected chi connectivity index (χ4v) is 3.85. The molecule has 0 bridgehead atoms. The van der Waals surface area contributed by atoms with Crippen LogP contribution in [-0.4, -0.2) is 23.4 Å². The van der Waals surface area contributed by atoms with Gasteiger partial charge in [-0.05, 0) is 25.7 Å². The highest BCUT2D eigenvalue weighted by Crippen LogP contribution is 2.49. The van der Waals surface area contributed by atoms with Crippen LogP contribution in [0.5, 0.6) is 23.0 Å². The molecule has 0 aliphatic rings. The smallest absolute Gasteiger partial charge is 0.207 e. The summed E-state index contributed by atoms with van der Waals surface area (Å²) in [4.78, 5) is 0. The molecule has 0 saturated heterocycles. The maximum Gasteiger partial charge on any atom is 0.207 e. The lowest BCUT2D eigenvalue weighted by atomic mass is 9.96. The van der Waals surface area contributed by atoms with Crippen molar-refractivity contribution in [3.8, 4) is 23.0 Å². The van der Waals surface area contributed by atoms with E-state index in [-0.39, 0.29) is 11.5 Å². The van der Waals surface area contributed by atoms with Crippen molar-refractivity contribution >= 4 is 0 Å². The first-order valence-electron chi connectivity index (χ1n) is 12.5. The van der Waals surface area contributed by atoms with Crippen LogP contribution in [0.2, 0.25) is 0 Å². The number of hydrogen-bond acceptors (Lipinski definition) is 4. The van der Waals surface area contributed by atoms with E-state index in [2.05, 4.69) is 27.7 Å². The monoisotopic (exact) mass is 422 g/mol. The van der Waals surface area contributed by atoms with Crippen molar-refractivity contribution in [3.63, 3.8) is 0 Å². The first-order chi connectivity index (χ1) is 14.6. The molecule has 0 amide bonds. The second kappa shape index (κ2) is 16.2. The summed E-state index contributed by atoms with van der Waals surface area (Å²) in [6, 6.07) is 0. The zero-order chi connectivity index (χ0) is 22.2. The zero-order valence-electron chi connectivity index (χ0n) is 20.0. The Morgan fingerprint density at radius 2 is 0.967 bits per heavy atom. The molecule has 30 heavy (non-hydrogen) atoms. The molecular formula is C26H46O4. The van der Waals surface area contributed by atoms with Crippen LogP contribution in [0.25, 0.3) is 0 Å². The minimum Gasteiger partial charge on any atom is -0.504 e. The van der Waals surface area contributed by atoms with E-state index in [0.29, 0.717) is 24.7 Å². The van der Waals surface area contributed by atoms with Crippen LogP contribution >= 0.6 is 0 Å². The molecule has 4 nitrogen and oxygen atoms in total. The van der Waals surface area contributed by atoms with Crippen LogP contribution in [0.4, 0.5) is 0 Å². The van der Waals surface area contributed by atoms with Crippen LogP contribution in [0.15, 0.2) is 0 Å². The highest BCUT2D eigenvalue weighted by Gasteiger charge is 2.25. The Morgan fingerprint density at radius 3 is 1.47 bits per heavy atom. The van der Waals surface area contributed by atoms with Gasteiger partial charge in [-0.1, -0.05) is 91.9 Å². The van der Waals surface area contributed by atoms with Crippen LogP contribution in [-0.2, 0) is 12.8 Å². The largest absolute Gasteiger partial charge is 0.504 e. The van der Waals surface area contributed by atoms with E-state index in [4.69, 9.17) is 9.47 Å². The molecule has 0 saturated carbocycles. The summed E-state index contributed by atoms with van der Waals surface area (Å²) in [6.07, 6.45) is 14.9. The second-order valence-electron chi connectivity index (χ2n) is 8.34. The predicted molar refractivity (Wildman–Crippen MR) is 126 cm³/mol. The fourth-order valence-electron chi connectivity index (χ4n) is 3.85. The summed E-state index contributed by atoms with van der Waals surface area (Å²) in [7, 11) is 0. The number of phenolic OH excluding ortho intramolecular Hbond substituents is 2. The zero-order valence-corrected chi connectivity index (χ0v) is 20.0. The summed E-state index contributed by atoms with van der Waals surface area (Å²) in [6.45, 7) is 9.78. The van der Waals surface area contributed by atoms with Crippen molar-refractivity contribution in [2.75, 3.05) is 13.2 Å². The average Bonchev–Trinajstić information content (AvgIpc) is 2.74. The van der Waals surface area contributed by atoms with Crippen LogP contribution in [0, 0.1) is 0 Å². The van der Waals surface area contributed by atoms with E-state index < -0.39 is 0 Å². The summed E-state index contributed by atoms with van der Waals surface area (Å²) in [5.41, 5.74) is 1.82. The van der Waals surface area contributed by atoms with Gasteiger partial charge in [0.1, 0.15) is 0 Å². The molecule has 0 atom stereocenters. The third-order valence-corrected chi connectivity index (χ3v) is 5.56. The van der Waals surface area contributed by atoms with Gasteiger partial charge in [0.2, 0.25) is 11.5 Å². The Hall–Kier alpha value is -1.58. The second-order valence-corrected chi connectivity index (χ2v) is 8.34. The third-order valence-electron chi connectivity index (χ3n) is 5.56. The van der Waals surface area contributed by atoms with Crippen LogP contribution in [0.1, 0.15) is 116 Å². The van der Waals surface area contributed by atoms with Crippen molar-refractivity contribution in [2.45, 2.75) is 118 Å². The molecule has 0 fully saturated rings. The lowest BCUT2D eigenvalue weighted by Gasteiger charge is -2.22. The first-order valence-corrected chi connectivity index (χ1v) is 12.5. The number of rotatable bonds is 18. The molecule has 0 aromatic heterocycles. The molecular weight excluding hydrogens is 376 g/mol. The standard InChI is InChI=1S/C26H46O4/c1-5-9-11-13-15-19-29-25-22(18-8-4)21(17-7-3)23(27)24(28)26(25)30-20-16-14-12-10-6-2/h27-28H,5-20H2,1-4H3. The van der Waals surface area contributed by atoms with Gasteiger partial charge in [-0.25, -0.2) is 0 Å². The average molecular weight is 423 g/mol. The summed E-state index contributed by atoms with van der Waals surface area (Å²) in [5, 5.41) is 21.4. The summed E-state index contributed by atoms with van der Waals surface area (Å²) in [5.74, 6) is 0.795. The molecule has 0 radical (unpaired) electrons. The highest BCUT2D eigenvalue weighted by atomic mass is 16.5. The molecule has 0 heterocycles. The van der Waals surface area contributed by atoms with E-state index in [1.165, 1.54) is 38.5 Å². The normalized spacial score (nSPS) is 11.1. The van der Waals surface area contributed by atoms with E-state index in [1.807, 2.05) is 0 Å². The van der Waals surface area contributed by atoms with Gasteiger partial charge in [0.15, 0.2) is 11.5 Å². The van der Waals surface area contributed by atoms with Gasteiger partial charge in [0, 0.05) is 11.1 Å². The van der Waals surface area contributed by atoms with Gasteiger partial charge in [0.05, 0.1) is 13.2 Å². The SMILES string of the molecule is CCCCCCCOc1c(O)c(O)c(CCC)c(CCC)c1OCCCCCCC. The highest BCUT2D eigenvalue weighted by molar-refractivity contribution is 5.66. The van der Waals surface area contributed by atoms with Gasteiger partial charge in [-0.3, -0.25) is 0 Å². The maximum absolute atomic E-state index is 10.7. The molecule has 4 heteroatoms. The van der Waals surface area contributed by atoms with Crippen LogP contribution < -0.4 is 9.47 Å². The number of benzene rings is 1. The Labute approximate surface area is 185 Å². The number of unbranched alkanes of at least 4 members (excludes halogenated alkanes) is 8. The van der Waals surface area contributed by atoms with E-state index in [1.54, 1.807) is 0 Å². The Kier molecular flexibility index (Phi) is 14.2. The lowest BCUT2D eigenvalue weighted by molar-refractivity contribution is 0.242. The molecule has 174 valence electrons. The van der Waals surface area contributed by atoms with Gasteiger partial charge in [-0.2, -0.15) is 0 Å². The minimum atomic E-state index is -0.159. The Bertz CT molecular complexity index is 583. The van der Waals surface area contributed by atoms with Crippen molar-refractivity contribution in [2.24, 2.45) is 0 Å². The topological polar surface area (TPSA) is 58.9 Å². The number of ether oxygens (including phenoxy) is 2. The van der Waals surface area contributed by atoms with E-state index >= 15 is 0 Å². The molecule has 1 rings (SSSR count). The van der Waals surface area contributed by atoms with E-state index in [9.17, 15) is 10.2 Å². The molecule has 1 aromatic rings. The number of hydrogen-bond donors (Lipinski definition) is 2. The number of aromatic hydroxyl groups is 2. The Balaban J connectivity index is 3.02. The molecule has 0 unspecified atom stereocenters. The molecule has 0 aliphatic carbocycles. The predicted octanol–water partition coefficient (Wildman–Crippen LogP) is 7.70. The van der Waals surface area contributed by atoms with Crippen molar-refractivity contribution in [1.29, 1.82) is 0 Å². The quantitative estimate of drug-likeness (QED) is 0.188. The van der Waals surface area contributed by atoms with Crippen molar-refractivity contribution in [3.05, 3.63) is 11.1 Å². The Morgan fingerprint density at radius 1 is 0.500 bits per heavy atom. The third kappa shape index (κ3) is 8.65. The molecule has 1 aromatic carbocycles. The first kappa shape index (κ1) is 26.5. The van der Waals surface area contributed by atoms with Gasteiger partial charge < -0.3 is 19.7 Å². The minimum absolute atomic E-state index is 0.0309. The molecule has 0 spiro atoms. The van der Waals surface area contributed by atoms with Gasteiger partial charge >= 0.3 is 0 Å².